The average Bonchev–Trinajstić information content (AvgIpc) is 3.28. The van der Waals surface area contributed by atoms with Crippen molar-refractivity contribution in [3.05, 3.63) is 53.5 Å². The van der Waals surface area contributed by atoms with Crippen LogP contribution < -0.4 is 5.73 Å². The van der Waals surface area contributed by atoms with Gasteiger partial charge in [-0.1, -0.05) is 12.1 Å². The van der Waals surface area contributed by atoms with Gasteiger partial charge < -0.3 is 20.5 Å². The Hall–Kier alpha value is -2.42. The first kappa shape index (κ1) is 21.3. The number of aliphatic hydroxyl groups is 2. The van der Waals surface area contributed by atoms with Crippen molar-refractivity contribution in [3.63, 3.8) is 0 Å². The van der Waals surface area contributed by atoms with Crippen molar-refractivity contribution < 1.29 is 19.0 Å². The van der Waals surface area contributed by atoms with E-state index in [1.54, 1.807) is 23.9 Å². The SMILES string of the molecule is C=Nc1c(C(C)=NC)ccn1[C@@H]1C[C@H](C(F)(CN)c2ccc(F)cc2)[C@@H](O)[C@H]1O. The zero-order valence-electron chi connectivity index (χ0n) is 16.5. The smallest absolute Gasteiger partial charge is 0.153 e. The Morgan fingerprint density at radius 2 is 1.93 bits per heavy atom. The summed E-state index contributed by atoms with van der Waals surface area (Å²) in [5.74, 6) is -0.987. The van der Waals surface area contributed by atoms with Crippen LogP contribution in [0, 0.1) is 11.7 Å². The quantitative estimate of drug-likeness (QED) is 0.646. The van der Waals surface area contributed by atoms with Crippen LogP contribution in [-0.4, -0.2) is 53.0 Å². The second-order valence-corrected chi connectivity index (χ2v) is 7.39. The molecule has 5 atom stereocenters. The summed E-state index contributed by atoms with van der Waals surface area (Å²) in [6.45, 7) is 5.01. The molecule has 2 aromatic rings. The van der Waals surface area contributed by atoms with E-state index < -0.39 is 42.2 Å². The maximum absolute atomic E-state index is 16.0. The highest BCUT2D eigenvalue weighted by atomic mass is 19.1. The van der Waals surface area contributed by atoms with E-state index in [2.05, 4.69) is 16.7 Å². The van der Waals surface area contributed by atoms with Crippen LogP contribution in [0.15, 0.2) is 46.5 Å². The lowest BCUT2D eigenvalue weighted by atomic mass is 9.80. The van der Waals surface area contributed by atoms with Crippen LogP contribution in [0.25, 0.3) is 0 Å². The van der Waals surface area contributed by atoms with E-state index >= 15 is 4.39 Å². The lowest BCUT2D eigenvalue weighted by molar-refractivity contribution is -0.0394. The van der Waals surface area contributed by atoms with Crippen molar-refractivity contribution in [3.8, 4) is 0 Å². The van der Waals surface area contributed by atoms with Crippen molar-refractivity contribution in [2.45, 2.75) is 37.3 Å². The van der Waals surface area contributed by atoms with Crippen LogP contribution in [0.4, 0.5) is 14.6 Å². The molecule has 1 heterocycles. The Bertz CT molecular complexity index is 912. The molecule has 8 heteroatoms. The molecule has 4 N–H and O–H groups in total. The molecule has 1 unspecified atom stereocenters. The zero-order chi connectivity index (χ0) is 21.3. The molecule has 0 saturated heterocycles. The van der Waals surface area contributed by atoms with Gasteiger partial charge >= 0.3 is 0 Å². The standard InChI is InChI=1S/C21H26F2N4O2/c1-12(25-2)15-8-9-27(20(15)26-3)17-10-16(18(28)19(17)29)21(23,11-24)13-4-6-14(22)7-5-13/h4-9,16-19,28-29H,3,10-11,24H2,1-2H3/t16-,17+,18+,19-,21?/m0/s1. The van der Waals surface area contributed by atoms with Gasteiger partial charge in [-0.05, 0) is 43.8 Å². The van der Waals surface area contributed by atoms with Crippen LogP contribution >= 0.6 is 0 Å². The van der Waals surface area contributed by atoms with E-state index in [4.69, 9.17) is 5.73 Å². The van der Waals surface area contributed by atoms with E-state index in [-0.39, 0.29) is 12.0 Å². The second-order valence-electron chi connectivity index (χ2n) is 7.39. The maximum Gasteiger partial charge on any atom is 0.153 e. The summed E-state index contributed by atoms with van der Waals surface area (Å²) in [6, 6.07) is 6.11. The van der Waals surface area contributed by atoms with E-state index in [0.29, 0.717) is 5.82 Å². The molecule has 0 amide bonds. The van der Waals surface area contributed by atoms with Gasteiger partial charge in [-0.15, -0.1) is 0 Å². The van der Waals surface area contributed by atoms with Crippen LogP contribution in [-0.2, 0) is 5.67 Å². The summed E-state index contributed by atoms with van der Waals surface area (Å²) < 4.78 is 31.0. The van der Waals surface area contributed by atoms with Crippen molar-refractivity contribution >= 4 is 18.2 Å². The zero-order valence-corrected chi connectivity index (χ0v) is 16.5. The van der Waals surface area contributed by atoms with Crippen LogP contribution in [0.5, 0.6) is 0 Å². The molecule has 3 rings (SSSR count). The minimum Gasteiger partial charge on any atom is -0.390 e. The summed E-state index contributed by atoms with van der Waals surface area (Å²) in [5, 5.41) is 21.4. The lowest BCUT2D eigenvalue weighted by Crippen LogP contribution is -2.44. The molecule has 1 saturated carbocycles. The van der Waals surface area contributed by atoms with Gasteiger partial charge in [0.25, 0.3) is 0 Å². The number of alkyl halides is 1. The summed E-state index contributed by atoms with van der Waals surface area (Å²) in [4.78, 5) is 8.21. The minimum absolute atomic E-state index is 0.117. The molecule has 0 aliphatic heterocycles. The largest absolute Gasteiger partial charge is 0.390 e. The molecular weight excluding hydrogens is 378 g/mol. The first-order chi connectivity index (χ1) is 13.8. The number of aliphatic hydroxyl groups excluding tert-OH is 2. The van der Waals surface area contributed by atoms with E-state index in [1.807, 2.05) is 6.92 Å². The lowest BCUT2D eigenvalue weighted by Gasteiger charge is -2.33. The van der Waals surface area contributed by atoms with Crippen LogP contribution in [0.1, 0.15) is 30.5 Å². The number of hydrogen-bond acceptors (Lipinski definition) is 5. The Balaban J connectivity index is 1.99. The summed E-state index contributed by atoms with van der Waals surface area (Å²) in [7, 11) is 1.66. The topological polar surface area (TPSA) is 96.1 Å². The number of benzene rings is 1. The monoisotopic (exact) mass is 404 g/mol. The normalized spacial score (nSPS) is 27.1. The van der Waals surface area contributed by atoms with Crippen LogP contribution in [0.3, 0.4) is 0 Å². The summed E-state index contributed by atoms with van der Waals surface area (Å²) >= 11 is 0. The Morgan fingerprint density at radius 3 is 2.48 bits per heavy atom. The predicted molar refractivity (Wildman–Crippen MR) is 109 cm³/mol. The van der Waals surface area contributed by atoms with Crippen molar-refractivity contribution in [2.75, 3.05) is 13.6 Å². The number of hydrogen-bond donors (Lipinski definition) is 3. The number of nitrogens with zero attached hydrogens (tertiary/aromatic N) is 3. The highest BCUT2D eigenvalue weighted by Crippen LogP contribution is 2.48. The molecule has 6 nitrogen and oxygen atoms in total. The molecule has 0 spiro atoms. The number of nitrogens with two attached hydrogens (primary N) is 1. The molecule has 1 aliphatic carbocycles. The minimum atomic E-state index is -2.12. The molecule has 0 bridgehead atoms. The average molecular weight is 404 g/mol. The fourth-order valence-electron chi connectivity index (χ4n) is 4.23. The molecule has 156 valence electrons. The number of rotatable bonds is 6. The first-order valence-corrected chi connectivity index (χ1v) is 9.41. The second kappa shape index (κ2) is 8.14. The molecule has 0 radical (unpaired) electrons. The van der Waals surface area contributed by atoms with E-state index in [0.717, 1.165) is 23.4 Å². The molecule has 1 aromatic heterocycles. The highest BCUT2D eigenvalue weighted by molar-refractivity contribution is 6.02. The number of aliphatic imine (C=N–C) groups is 2. The van der Waals surface area contributed by atoms with Crippen molar-refractivity contribution in [1.29, 1.82) is 0 Å². The third kappa shape index (κ3) is 3.52. The molecule has 1 fully saturated rings. The van der Waals surface area contributed by atoms with Gasteiger partial charge in [-0.25, -0.2) is 13.8 Å². The van der Waals surface area contributed by atoms with Gasteiger partial charge in [0, 0.05) is 37.0 Å². The Kier molecular flexibility index (Phi) is 5.97. The fraction of sp³-hybridized carbons (Fsp3) is 0.429. The third-order valence-corrected chi connectivity index (χ3v) is 5.98. The van der Waals surface area contributed by atoms with Gasteiger partial charge in [-0.2, -0.15) is 0 Å². The fourth-order valence-corrected chi connectivity index (χ4v) is 4.23. The van der Waals surface area contributed by atoms with Gasteiger partial charge in [-0.3, -0.25) is 4.99 Å². The first-order valence-electron chi connectivity index (χ1n) is 9.41. The van der Waals surface area contributed by atoms with Gasteiger partial charge in [0.05, 0.1) is 12.1 Å². The number of halogens is 2. The molecule has 1 aromatic carbocycles. The van der Waals surface area contributed by atoms with Crippen molar-refractivity contribution in [2.24, 2.45) is 21.6 Å². The van der Waals surface area contributed by atoms with Crippen molar-refractivity contribution in [1.82, 2.24) is 4.57 Å². The third-order valence-electron chi connectivity index (χ3n) is 5.98. The van der Waals surface area contributed by atoms with E-state index in [1.165, 1.54) is 12.1 Å². The Morgan fingerprint density at radius 1 is 1.28 bits per heavy atom. The number of aromatic nitrogens is 1. The Labute approximate surface area is 168 Å². The molecule has 29 heavy (non-hydrogen) atoms. The maximum atomic E-state index is 16.0. The van der Waals surface area contributed by atoms with Gasteiger partial charge in [0.15, 0.2) is 5.67 Å². The summed E-state index contributed by atoms with van der Waals surface area (Å²) in [6.07, 6.45) is -0.756. The predicted octanol–water partition coefficient (Wildman–Crippen LogP) is 2.50. The van der Waals surface area contributed by atoms with E-state index in [9.17, 15) is 14.6 Å². The van der Waals surface area contributed by atoms with Crippen LogP contribution in [0.2, 0.25) is 0 Å². The van der Waals surface area contributed by atoms with Gasteiger partial charge in [0.1, 0.15) is 17.7 Å². The summed E-state index contributed by atoms with van der Waals surface area (Å²) in [5.41, 5.74) is 5.29. The highest BCUT2D eigenvalue weighted by Gasteiger charge is 2.53. The molecular formula is C21H26F2N4O2. The van der Waals surface area contributed by atoms with Gasteiger partial charge in [0.2, 0.25) is 0 Å². The molecule has 1 aliphatic rings.